The maximum atomic E-state index is 8.37. The molecule has 106 heavy (non-hydrogen) atoms. The van der Waals surface area contributed by atoms with E-state index in [1.165, 1.54) is 90.1 Å². The Morgan fingerprint density at radius 2 is 0.698 bits per heavy atom. The zero-order valence-electron chi connectivity index (χ0n) is 59.8. The molecule has 0 saturated heterocycles. The summed E-state index contributed by atoms with van der Waals surface area (Å²) < 4.78 is 7.58. The van der Waals surface area contributed by atoms with Crippen LogP contribution < -0.4 is 26.2 Å². The first-order valence-electron chi connectivity index (χ1n) is 36.7. The van der Waals surface area contributed by atoms with Gasteiger partial charge in [0.1, 0.15) is 0 Å². The first-order valence-corrected chi connectivity index (χ1v) is 38.3. The Morgan fingerprint density at radius 3 is 1.12 bits per heavy atom. The molecule has 2 aliphatic heterocycles. The van der Waals surface area contributed by atoms with Gasteiger partial charge in [-0.05, 0) is 179 Å². The second-order valence-electron chi connectivity index (χ2n) is 30.6. The van der Waals surface area contributed by atoms with Crippen LogP contribution in [0, 0.1) is 6.57 Å². The monoisotopic (exact) mass is 1390 g/mol. The largest absolute Gasteiger partial charge is 0.310 e. The van der Waals surface area contributed by atoms with Crippen LogP contribution in [0.5, 0.6) is 0 Å². The van der Waals surface area contributed by atoms with Gasteiger partial charge in [0.2, 0.25) is 0 Å². The molecule has 0 N–H and O–H groups in total. The van der Waals surface area contributed by atoms with Crippen LogP contribution in [0.15, 0.2) is 322 Å². The van der Waals surface area contributed by atoms with E-state index in [-0.39, 0.29) is 17.5 Å². The third-order valence-corrected chi connectivity index (χ3v) is 24.5. The molecule has 0 aliphatic carbocycles. The summed E-state index contributed by atoms with van der Waals surface area (Å²) in [6.07, 6.45) is 0. The van der Waals surface area contributed by atoms with Crippen molar-refractivity contribution in [2.45, 2.75) is 52.4 Å². The fourth-order valence-corrected chi connectivity index (χ4v) is 19.5. The summed E-state index contributed by atoms with van der Waals surface area (Å²) in [5.74, 6) is 0. The molecule has 0 amide bonds. The molecular formula is C99H71BN4S2. The Bertz CT molecular complexity index is 6230. The molecule has 0 spiro atoms. The second kappa shape index (κ2) is 24.4. The second-order valence-corrected chi connectivity index (χ2v) is 32.7. The predicted molar refractivity (Wildman–Crippen MR) is 457 cm³/mol. The average Bonchev–Trinajstić information content (AvgIpc) is 0.739. The van der Waals surface area contributed by atoms with Gasteiger partial charge in [0, 0.05) is 90.7 Å². The molecule has 18 aromatic rings. The zero-order valence-corrected chi connectivity index (χ0v) is 61.4. The third-order valence-electron chi connectivity index (χ3n) is 22.3. The van der Waals surface area contributed by atoms with Gasteiger partial charge < -0.3 is 14.4 Å². The van der Waals surface area contributed by atoms with E-state index in [0.29, 0.717) is 5.69 Å². The summed E-state index contributed by atoms with van der Waals surface area (Å²) in [6, 6.07) is 121. The molecule has 0 saturated carbocycles. The number of aromatic nitrogens is 1. The van der Waals surface area contributed by atoms with Crippen LogP contribution in [-0.4, -0.2) is 11.3 Å². The van der Waals surface area contributed by atoms with Crippen molar-refractivity contribution in [1.29, 1.82) is 0 Å². The predicted octanol–water partition coefficient (Wildman–Crippen LogP) is 26.7. The minimum absolute atomic E-state index is 0.224. The van der Waals surface area contributed by atoms with Crippen molar-refractivity contribution in [3.63, 3.8) is 0 Å². The number of fused-ring (bicyclic) bond motifs is 13. The lowest BCUT2D eigenvalue weighted by atomic mass is 9.33. The molecule has 0 atom stereocenters. The van der Waals surface area contributed by atoms with Crippen molar-refractivity contribution in [3.8, 4) is 72.4 Å². The number of hydrogen-bond donors (Lipinski definition) is 0. The van der Waals surface area contributed by atoms with Crippen molar-refractivity contribution >= 4 is 148 Å². The third kappa shape index (κ3) is 10.1. The summed E-state index contributed by atoms with van der Waals surface area (Å²) >= 11 is 3.74. The van der Waals surface area contributed by atoms with Crippen LogP contribution in [-0.2, 0) is 10.8 Å². The van der Waals surface area contributed by atoms with E-state index >= 15 is 0 Å². The molecule has 4 nitrogen and oxygen atoms in total. The van der Waals surface area contributed by atoms with E-state index in [0.717, 1.165) is 106 Å². The first-order chi connectivity index (χ1) is 51.8. The first kappa shape index (κ1) is 63.4. The molecule has 502 valence electrons. The summed E-state index contributed by atoms with van der Waals surface area (Å²) in [6.45, 7) is 22.1. The number of benzene rings is 15. The molecule has 0 radical (unpaired) electrons. The lowest BCUT2D eigenvalue weighted by Gasteiger charge is -2.46. The van der Waals surface area contributed by atoms with Gasteiger partial charge in [-0.1, -0.05) is 272 Å². The number of para-hydroxylation sites is 1. The highest BCUT2D eigenvalue weighted by molar-refractivity contribution is 7.26. The van der Waals surface area contributed by atoms with Crippen molar-refractivity contribution in [3.05, 3.63) is 344 Å². The van der Waals surface area contributed by atoms with E-state index < -0.39 is 0 Å². The SMILES string of the molecule is [C-]#[N+]c1ccc2c(c1)c1ccccc1n2-c1cc2c3c(c1)N(c1c(-c4ccccc4)cc(C(C)(C)C)cc1-c1ccccc1)c1ccc(-c4cccc5sc6ccccc6c45)cc1B3c1cc(-c3cccc4sc5ccccc5c34)ccc1N2c1c(-c2ccccc2)cc(C(C)(C)C)cc1-c1ccccc1. The zero-order chi connectivity index (χ0) is 71.3. The minimum Gasteiger partial charge on any atom is -0.310 e. The molecule has 3 aromatic heterocycles. The Morgan fingerprint density at radius 1 is 0.311 bits per heavy atom. The van der Waals surface area contributed by atoms with E-state index in [2.05, 4.69) is 376 Å². The lowest BCUT2D eigenvalue weighted by molar-refractivity contribution is 0.590. The summed E-state index contributed by atoms with van der Waals surface area (Å²) in [4.78, 5) is 9.44. The van der Waals surface area contributed by atoms with Crippen molar-refractivity contribution < 1.29 is 0 Å². The molecule has 0 unspecified atom stereocenters. The number of anilines is 6. The van der Waals surface area contributed by atoms with E-state index in [1.807, 2.05) is 28.7 Å². The molecule has 0 bridgehead atoms. The highest BCUT2D eigenvalue weighted by Gasteiger charge is 2.46. The molecule has 2 aliphatic rings. The Labute approximate surface area is 626 Å². The van der Waals surface area contributed by atoms with Gasteiger partial charge in [0.15, 0.2) is 5.69 Å². The van der Waals surface area contributed by atoms with Crippen LogP contribution in [0.4, 0.5) is 39.8 Å². The summed E-state index contributed by atoms with van der Waals surface area (Å²) in [5, 5.41) is 7.22. The van der Waals surface area contributed by atoms with Crippen molar-refractivity contribution in [2.75, 3.05) is 9.80 Å². The molecule has 20 rings (SSSR count). The lowest BCUT2D eigenvalue weighted by Crippen LogP contribution is -2.61. The van der Waals surface area contributed by atoms with Crippen LogP contribution in [0.1, 0.15) is 52.7 Å². The van der Waals surface area contributed by atoms with Gasteiger partial charge >= 0.3 is 0 Å². The van der Waals surface area contributed by atoms with E-state index in [9.17, 15) is 0 Å². The standard InChI is InChI=1S/C99H71BN4S2/c1-98(2,3)67-54-76(61-28-12-8-13-29-61)96(77(55-67)62-30-14-9-15-31-62)103-85-49-46-65(71-39-26-44-91-93(71)74-37-21-24-42-89(74)105-91)52-81(85)100-82-53-66(72-40-27-45-92-94(72)75-38-22-25-43-90(75)106-92)47-50-86(82)104(97-78(63-32-16-10-17-33-63)56-68(99(4,5)6)57-79(97)64-34-18-11-19-35-64)88-60-70(59-87(103)95(88)100)102-83-41-23-20-36-73(83)80-58-69(101-7)48-51-84(80)102/h8-60H,1-6H3. The minimum atomic E-state index is -0.337. The Hall–Kier alpha value is -12.3. The Balaban J connectivity index is 1.01. The average molecular weight is 1390 g/mol. The molecule has 7 heteroatoms. The molecule has 0 fully saturated rings. The number of hydrogen-bond acceptors (Lipinski definition) is 4. The Kier molecular flexibility index (Phi) is 14.6. The summed E-state index contributed by atoms with van der Waals surface area (Å²) in [5.41, 5.74) is 29.7. The fraction of sp³-hybridized carbons (Fsp3) is 0.0808. The smallest absolute Gasteiger partial charge is 0.252 e. The number of nitrogens with zero attached hydrogens (tertiary/aromatic N) is 4. The number of rotatable bonds is 9. The highest BCUT2D eigenvalue weighted by Crippen LogP contribution is 2.56. The summed E-state index contributed by atoms with van der Waals surface area (Å²) in [7, 11) is 0. The van der Waals surface area contributed by atoms with Gasteiger partial charge in [-0.15, -0.1) is 22.7 Å². The van der Waals surface area contributed by atoms with E-state index in [4.69, 9.17) is 6.57 Å². The quantitative estimate of drug-likeness (QED) is 0.106. The van der Waals surface area contributed by atoms with Gasteiger partial charge in [0.25, 0.3) is 6.71 Å². The highest BCUT2D eigenvalue weighted by atomic mass is 32.1. The van der Waals surface area contributed by atoms with E-state index in [1.54, 1.807) is 0 Å². The van der Waals surface area contributed by atoms with Crippen molar-refractivity contribution in [2.24, 2.45) is 0 Å². The number of thiophene rings is 2. The van der Waals surface area contributed by atoms with Gasteiger partial charge in [-0.3, -0.25) is 0 Å². The van der Waals surface area contributed by atoms with Crippen LogP contribution in [0.25, 0.3) is 139 Å². The van der Waals surface area contributed by atoms with Crippen molar-refractivity contribution in [1.82, 2.24) is 4.57 Å². The van der Waals surface area contributed by atoms with Gasteiger partial charge in [-0.25, -0.2) is 4.85 Å². The maximum Gasteiger partial charge on any atom is 0.252 e. The molecule has 5 heterocycles. The maximum absolute atomic E-state index is 8.37. The van der Waals surface area contributed by atoms with Crippen LogP contribution in [0.3, 0.4) is 0 Å². The normalized spacial score (nSPS) is 12.7. The van der Waals surface area contributed by atoms with Gasteiger partial charge in [0.05, 0.1) is 34.7 Å². The van der Waals surface area contributed by atoms with Crippen LogP contribution in [0.2, 0.25) is 0 Å². The molecular weight excluding hydrogens is 1320 g/mol. The molecule has 15 aromatic carbocycles. The topological polar surface area (TPSA) is 15.8 Å². The van der Waals surface area contributed by atoms with Crippen LogP contribution >= 0.6 is 22.7 Å². The van der Waals surface area contributed by atoms with Gasteiger partial charge in [-0.2, -0.15) is 0 Å². The fourth-order valence-electron chi connectivity index (χ4n) is 17.2.